The number of carbonyl (C=O) groups is 1. The molecule has 0 aliphatic heterocycles. The summed E-state index contributed by atoms with van der Waals surface area (Å²) in [6.07, 6.45) is 4.04. The molecule has 1 aliphatic rings. The second kappa shape index (κ2) is 7.88. The Hall–Kier alpha value is -2.47. The van der Waals surface area contributed by atoms with E-state index in [9.17, 15) is 9.18 Å². The van der Waals surface area contributed by atoms with Gasteiger partial charge in [0.1, 0.15) is 11.6 Å². The van der Waals surface area contributed by atoms with Gasteiger partial charge in [-0.15, -0.1) is 0 Å². The van der Waals surface area contributed by atoms with Crippen LogP contribution in [-0.4, -0.2) is 30.6 Å². The molecule has 1 heterocycles. The average Bonchev–Trinajstić information content (AvgIpc) is 3.41. The molecule has 0 atom stereocenters. The molecule has 0 spiro atoms. The number of rotatable bonds is 8. The molecule has 1 fully saturated rings. The number of pyridine rings is 1. The summed E-state index contributed by atoms with van der Waals surface area (Å²) in [7, 11) is 0. The first-order chi connectivity index (χ1) is 11.7. The minimum absolute atomic E-state index is 0.267. The van der Waals surface area contributed by atoms with Gasteiger partial charge in [0.2, 0.25) is 0 Å². The Morgan fingerprint density at radius 3 is 2.88 bits per heavy atom. The average molecular weight is 329 g/mol. The second-order valence-corrected chi connectivity index (χ2v) is 5.78. The Balaban J connectivity index is 1.58. The van der Waals surface area contributed by atoms with Gasteiger partial charge in [-0.25, -0.2) is 9.37 Å². The van der Waals surface area contributed by atoms with Crippen LogP contribution in [0.15, 0.2) is 42.6 Å². The zero-order valence-electron chi connectivity index (χ0n) is 13.3. The second-order valence-electron chi connectivity index (χ2n) is 5.78. The van der Waals surface area contributed by atoms with Crippen molar-refractivity contribution in [2.24, 2.45) is 5.92 Å². The van der Waals surface area contributed by atoms with Crippen molar-refractivity contribution in [3.05, 3.63) is 54.0 Å². The number of anilines is 2. The van der Waals surface area contributed by atoms with Gasteiger partial charge in [0.15, 0.2) is 0 Å². The van der Waals surface area contributed by atoms with Crippen LogP contribution in [0.1, 0.15) is 23.2 Å². The highest BCUT2D eigenvalue weighted by molar-refractivity contribution is 5.99. The van der Waals surface area contributed by atoms with Gasteiger partial charge in [0, 0.05) is 19.3 Å². The zero-order valence-corrected chi connectivity index (χ0v) is 13.3. The first-order valence-corrected chi connectivity index (χ1v) is 8.06. The van der Waals surface area contributed by atoms with Gasteiger partial charge >= 0.3 is 0 Å². The van der Waals surface area contributed by atoms with E-state index in [1.165, 1.54) is 18.9 Å². The number of aromatic nitrogens is 1. The third-order valence-electron chi connectivity index (χ3n) is 3.76. The highest BCUT2D eigenvalue weighted by atomic mass is 19.1. The Bertz CT molecular complexity index is 704. The lowest BCUT2D eigenvalue weighted by atomic mass is 10.2. The quantitative estimate of drug-likeness (QED) is 0.731. The first kappa shape index (κ1) is 16.4. The molecule has 2 N–H and O–H groups in total. The number of para-hydroxylation sites is 1. The molecule has 126 valence electrons. The van der Waals surface area contributed by atoms with Crippen LogP contribution in [0.25, 0.3) is 0 Å². The van der Waals surface area contributed by atoms with Crippen molar-refractivity contribution in [1.29, 1.82) is 0 Å². The fraction of sp³-hybridized carbons (Fsp3) is 0.333. The third kappa shape index (κ3) is 4.52. The van der Waals surface area contributed by atoms with Gasteiger partial charge < -0.3 is 15.4 Å². The Morgan fingerprint density at radius 2 is 2.08 bits per heavy atom. The number of hydrogen-bond acceptors (Lipinski definition) is 4. The lowest BCUT2D eigenvalue weighted by molar-refractivity contribution is 0.0907. The predicted molar refractivity (Wildman–Crippen MR) is 89.8 cm³/mol. The summed E-state index contributed by atoms with van der Waals surface area (Å²) in [5, 5.41) is 5.66. The molecule has 1 amide bonds. The molecule has 1 aliphatic carbocycles. The molecule has 0 saturated heterocycles. The lowest BCUT2D eigenvalue weighted by Gasteiger charge is -2.12. The summed E-state index contributed by atoms with van der Waals surface area (Å²) in [6, 6.07) is 9.58. The van der Waals surface area contributed by atoms with Gasteiger partial charge in [-0.3, -0.25) is 4.79 Å². The van der Waals surface area contributed by atoms with Crippen LogP contribution >= 0.6 is 0 Å². The van der Waals surface area contributed by atoms with Crippen LogP contribution in [0.5, 0.6) is 0 Å². The number of benzene rings is 1. The smallest absolute Gasteiger partial charge is 0.255 e. The third-order valence-corrected chi connectivity index (χ3v) is 3.76. The Morgan fingerprint density at radius 1 is 1.25 bits per heavy atom. The Labute approximate surface area is 140 Å². The maximum absolute atomic E-state index is 13.8. The van der Waals surface area contributed by atoms with Gasteiger partial charge in [-0.2, -0.15) is 0 Å². The highest BCUT2D eigenvalue weighted by Crippen LogP contribution is 2.28. The molecule has 0 unspecified atom stereocenters. The van der Waals surface area contributed by atoms with Crippen molar-refractivity contribution in [3.8, 4) is 0 Å². The van der Waals surface area contributed by atoms with Crippen LogP contribution < -0.4 is 10.6 Å². The van der Waals surface area contributed by atoms with Crippen molar-refractivity contribution in [3.63, 3.8) is 0 Å². The van der Waals surface area contributed by atoms with E-state index in [1.807, 2.05) is 0 Å². The number of carbonyl (C=O) groups excluding carboxylic acids is 1. The minimum atomic E-state index is -0.400. The van der Waals surface area contributed by atoms with Gasteiger partial charge in [0.25, 0.3) is 5.91 Å². The molecule has 0 radical (unpaired) electrons. The molecular weight excluding hydrogens is 309 g/mol. The van der Waals surface area contributed by atoms with E-state index >= 15 is 0 Å². The van der Waals surface area contributed by atoms with Gasteiger partial charge in [-0.05, 0) is 43.0 Å². The molecule has 2 aromatic rings. The van der Waals surface area contributed by atoms with E-state index in [4.69, 9.17) is 4.74 Å². The maximum atomic E-state index is 13.8. The largest absolute Gasteiger partial charge is 0.379 e. The molecule has 1 aromatic carbocycles. The van der Waals surface area contributed by atoms with Crippen molar-refractivity contribution in [2.75, 3.05) is 25.1 Å². The molecule has 5 nitrogen and oxygen atoms in total. The number of nitrogens with zero attached hydrogens (tertiary/aromatic N) is 1. The van der Waals surface area contributed by atoms with E-state index in [0.29, 0.717) is 30.5 Å². The van der Waals surface area contributed by atoms with Crippen LogP contribution in [0.2, 0.25) is 0 Å². The van der Waals surface area contributed by atoms with Gasteiger partial charge in [0.05, 0.1) is 17.9 Å². The van der Waals surface area contributed by atoms with E-state index in [1.54, 1.807) is 36.5 Å². The molecule has 1 aromatic heterocycles. The summed E-state index contributed by atoms with van der Waals surface area (Å²) < 4.78 is 19.2. The topological polar surface area (TPSA) is 63.2 Å². The summed E-state index contributed by atoms with van der Waals surface area (Å²) in [4.78, 5) is 16.5. The number of nitrogens with one attached hydrogen (secondary N) is 2. The zero-order chi connectivity index (χ0) is 16.8. The molecule has 1 saturated carbocycles. The molecule has 0 bridgehead atoms. The lowest BCUT2D eigenvalue weighted by Crippen LogP contribution is -2.28. The van der Waals surface area contributed by atoms with E-state index < -0.39 is 5.82 Å². The fourth-order valence-electron chi connectivity index (χ4n) is 2.24. The van der Waals surface area contributed by atoms with Crippen LogP contribution in [-0.2, 0) is 4.74 Å². The van der Waals surface area contributed by atoms with Crippen molar-refractivity contribution < 1.29 is 13.9 Å². The Kier molecular flexibility index (Phi) is 5.38. The molecule has 6 heteroatoms. The number of ether oxygens (including phenoxy) is 1. The van der Waals surface area contributed by atoms with Crippen LogP contribution in [0, 0.1) is 11.7 Å². The summed E-state index contributed by atoms with van der Waals surface area (Å²) in [5.74, 6) is 0.356. The predicted octanol–water partition coefficient (Wildman–Crippen LogP) is 3.12. The fourth-order valence-corrected chi connectivity index (χ4v) is 2.24. The summed E-state index contributed by atoms with van der Waals surface area (Å²) >= 11 is 0. The molecule has 24 heavy (non-hydrogen) atoms. The van der Waals surface area contributed by atoms with E-state index in [-0.39, 0.29) is 11.6 Å². The summed E-state index contributed by atoms with van der Waals surface area (Å²) in [5.41, 5.74) is 0.640. The van der Waals surface area contributed by atoms with Crippen LogP contribution in [0.4, 0.5) is 15.9 Å². The highest BCUT2D eigenvalue weighted by Gasteiger charge is 2.21. The van der Waals surface area contributed by atoms with E-state index in [2.05, 4.69) is 15.6 Å². The maximum Gasteiger partial charge on any atom is 0.255 e. The SMILES string of the molecule is O=C(NCCOCC1CC1)c1cccnc1Nc1ccccc1F. The standard InChI is InChI=1S/C18H20FN3O2/c19-15-5-1-2-6-16(15)22-17-14(4-3-9-20-17)18(23)21-10-11-24-12-13-7-8-13/h1-6,9,13H,7-8,10-12H2,(H,20,22)(H,21,23). The van der Waals surface area contributed by atoms with E-state index in [0.717, 1.165) is 6.61 Å². The van der Waals surface area contributed by atoms with Crippen molar-refractivity contribution in [1.82, 2.24) is 10.3 Å². The van der Waals surface area contributed by atoms with Gasteiger partial charge in [-0.1, -0.05) is 12.1 Å². The first-order valence-electron chi connectivity index (χ1n) is 8.06. The molecular formula is C18H20FN3O2. The number of halogens is 1. The normalized spacial score (nSPS) is 13.5. The monoisotopic (exact) mass is 329 g/mol. The number of amides is 1. The number of hydrogen-bond donors (Lipinski definition) is 2. The molecule has 3 rings (SSSR count). The van der Waals surface area contributed by atoms with Crippen molar-refractivity contribution in [2.45, 2.75) is 12.8 Å². The minimum Gasteiger partial charge on any atom is -0.379 e. The summed E-state index contributed by atoms with van der Waals surface area (Å²) in [6.45, 7) is 1.68. The van der Waals surface area contributed by atoms with Crippen LogP contribution in [0.3, 0.4) is 0 Å². The van der Waals surface area contributed by atoms with Crippen molar-refractivity contribution >= 4 is 17.4 Å².